The van der Waals surface area contributed by atoms with Crippen molar-refractivity contribution in [1.29, 1.82) is 0 Å². The first-order valence-electron chi connectivity index (χ1n) is 50.9. The van der Waals surface area contributed by atoms with E-state index in [4.69, 9.17) is 92.8 Å². The van der Waals surface area contributed by atoms with E-state index in [0.29, 0.717) is 150 Å². The molecule has 0 radical (unpaired) electrons. The standard InChI is InChI=1S/C29H32Cl2F2N2O3.2C29H33Cl2FN2O3.C28H31Cl2FN2O3/c1-27(2,3)13-22-29(16-9-19(32)18(31)10-20(16)34-26(29)37)23(15-6-5-7-17(30)24(15)33)25(35-22)21(36)8-14-11-28(4,38)12-14;1-27(2,3)14-23-29(18-10-20(32)19(31)11-21(18)33-26(29)36)24(16-6-5-7-17(30)9-16)25(34-23)22(35)8-15-12-28(4,37)13-15;1-27(2,3)14-22-29(18-9-8-16(30)11-20(18)33-26(29)36)23(17-6-5-7-19(31)24(17)32)25(34-22)21(35)10-15-12-28(4,37)13-15;1-27(2,3)13-23-28(18-6-5-16(29)12-21(18)32-26(28)36)24(15-4-7-20(31)19(30)11-15)25(33-23)22(35)10-14-8-17(34)9-14/h5-7,9-10,14,22-23,25,35,38H,8,11-13H2,1-4H3,(H,34,37);5-7,9-11,15,23-25,34,37H,8,12-14H2,1-4H3,(H,33,36);5-9,11,15,22-23,25,34,37H,10,12-14H2,1-4H3,(H,33,36);4-7,11-12,14,17,23-25,33-34H,8-10,13H2,1-3H3,(H,32,36)/t14?,22-,23+,25+,28?,29+;15?,23-,24+,25+,28?,29+;15?,22-,23+,25+,28?,29+;14?,17?,23-,24+,25+,28+/m1111/s1. The quantitative estimate of drug-likeness (QED) is 0.0316. The van der Waals surface area contributed by atoms with Crippen LogP contribution < -0.4 is 42.5 Å². The number of aliphatic hydroxyl groups excluding tert-OH is 1. The minimum Gasteiger partial charge on any atom is -0.393 e. The van der Waals surface area contributed by atoms with E-state index in [1.165, 1.54) is 42.5 Å². The summed E-state index contributed by atoms with van der Waals surface area (Å²) in [5.74, 6) is -7.50. The molecule has 0 aromatic heterocycles. The zero-order valence-corrected chi connectivity index (χ0v) is 91.4. The van der Waals surface area contributed by atoms with Gasteiger partial charge in [0.1, 0.15) is 50.7 Å². The highest BCUT2D eigenvalue weighted by Crippen LogP contribution is 2.65. The molecule has 8 aromatic carbocycles. The van der Waals surface area contributed by atoms with E-state index in [1.54, 1.807) is 93.6 Å². The Morgan fingerprint density at radius 2 is 0.622 bits per heavy atom. The lowest BCUT2D eigenvalue weighted by Crippen LogP contribution is -2.49. The van der Waals surface area contributed by atoms with Crippen LogP contribution in [0.1, 0.15) is 275 Å². The number of fused-ring (bicyclic) bond motifs is 8. The molecule has 33 heteroatoms. The summed E-state index contributed by atoms with van der Waals surface area (Å²) >= 11 is 49.8. The van der Waals surface area contributed by atoms with Crippen molar-refractivity contribution in [3.05, 3.63) is 253 Å². The molecule has 4 amide bonds. The summed E-state index contributed by atoms with van der Waals surface area (Å²) in [5.41, 5.74) is -2.14. The molecular formula is C115H129Cl8F5N8O12. The van der Waals surface area contributed by atoms with Gasteiger partial charge in [0.25, 0.3) is 0 Å². The van der Waals surface area contributed by atoms with Gasteiger partial charge in [-0.05, 0) is 273 Å². The van der Waals surface area contributed by atoms with E-state index in [2.05, 4.69) is 105 Å². The molecule has 8 aromatic rings. The summed E-state index contributed by atoms with van der Waals surface area (Å²) in [6.07, 6.45) is 7.30. The van der Waals surface area contributed by atoms with Gasteiger partial charge < -0.3 is 63.0 Å². The zero-order chi connectivity index (χ0) is 108. The third-order valence-electron chi connectivity index (χ3n) is 32.7. The third kappa shape index (κ3) is 21.0. The molecule has 148 heavy (non-hydrogen) atoms. The zero-order valence-electron chi connectivity index (χ0n) is 85.4. The number of ketones is 4. The number of hydrogen-bond donors (Lipinski definition) is 12. The highest BCUT2D eigenvalue weighted by Gasteiger charge is 2.72. The second-order valence-electron chi connectivity index (χ2n) is 49.6. The Hall–Kier alpha value is -8.03. The van der Waals surface area contributed by atoms with Crippen LogP contribution in [0, 0.1) is 74.4 Å². The van der Waals surface area contributed by atoms with E-state index in [0.717, 1.165) is 11.1 Å². The molecule has 20 nitrogen and oxygen atoms in total. The Morgan fingerprint density at radius 3 is 0.946 bits per heavy atom. The van der Waals surface area contributed by atoms with Crippen molar-refractivity contribution in [1.82, 2.24) is 21.3 Å². The minimum atomic E-state index is -1.50. The van der Waals surface area contributed by atoms with Crippen molar-refractivity contribution < 1.29 is 80.7 Å². The maximum absolute atomic E-state index is 15.7. The lowest BCUT2D eigenvalue weighted by atomic mass is 9.61. The van der Waals surface area contributed by atoms with Crippen molar-refractivity contribution in [3.63, 3.8) is 0 Å². The summed E-state index contributed by atoms with van der Waals surface area (Å²) < 4.78 is 75.6. The normalized spacial score (nSPS) is 32.3. The first-order chi connectivity index (χ1) is 69.0. The molecule has 4 saturated heterocycles. The Morgan fingerprint density at radius 1 is 0.331 bits per heavy atom. The monoisotopic (exact) mass is 2190 g/mol. The van der Waals surface area contributed by atoms with Gasteiger partial charge in [-0.15, -0.1) is 0 Å². The number of carbonyl (C=O) groups excluding carboxylic acids is 8. The average Bonchev–Trinajstić information content (AvgIpc) is 1.54. The fraction of sp³-hybridized carbons (Fsp3) is 0.513. The van der Waals surface area contributed by atoms with Crippen LogP contribution in [0.25, 0.3) is 0 Å². The van der Waals surface area contributed by atoms with Crippen molar-refractivity contribution in [3.8, 4) is 0 Å². The van der Waals surface area contributed by atoms with Gasteiger partial charge in [0, 0.05) is 111 Å². The number of aliphatic hydroxyl groups is 4. The summed E-state index contributed by atoms with van der Waals surface area (Å²) in [5, 5.41) is 67.3. The molecule has 8 heterocycles. The maximum Gasteiger partial charge on any atom is 0.237 e. The largest absolute Gasteiger partial charge is 0.393 e. The van der Waals surface area contributed by atoms with Crippen LogP contribution in [0.2, 0.25) is 40.2 Å². The van der Waals surface area contributed by atoms with Crippen LogP contribution in [0.5, 0.6) is 0 Å². The second kappa shape index (κ2) is 40.7. The van der Waals surface area contributed by atoms with Crippen LogP contribution in [0.3, 0.4) is 0 Å². The predicted molar refractivity (Wildman–Crippen MR) is 570 cm³/mol. The van der Waals surface area contributed by atoms with Crippen LogP contribution in [-0.2, 0) is 60.0 Å². The number of amides is 4. The Balaban J connectivity index is 0.000000135. The van der Waals surface area contributed by atoms with Crippen LogP contribution in [0.4, 0.5) is 44.7 Å². The number of anilines is 4. The first-order valence-corrected chi connectivity index (χ1v) is 53.9. The van der Waals surface area contributed by atoms with Gasteiger partial charge in [-0.1, -0.05) is 230 Å². The summed E-state index contributed by atoms with van der Waals surface area (Å²) in [6, 6.07) is 32.0. The molecule has 8 aliphatic heterocycles. The lowest BCUT2D eigenvalue weighted by Gasteiger charge is -2.41. The third-order valence-corrected chi connectivity index (χ3v) is 34.9. The predicted octanol–water partition coefficient (Wildman–Crippen LogP) is 23.8. The number of carbonyl (C=O) groups is 8. The second-order valence-corrected chi connectivity index (χ2v) is 52.9. The highest BCUT2D eigenvalue weighted by atomic mass is 35.5. The first kappa shape index (κ1) is 111. The molecule has 20 rings (SSSR count). The van der Waals surface area contributed by atoms with Gasteiger partial charge >= 0.3 is 0 Å². The van der Waals surface area contributed by atoms with Crippen LogP contribution in [-0.4, -0.2) is 138 Å². The van der Waals surface area contributed by atoms with Crippen molar-refractivity contribution >= 4 is 162 Å². The van der Waals surface area contributed by atoms with Gasteiger partial charge in [-0.3, -0.25) is 38.4 Å². The fourth-order valence-electron chi connectivity index (χ4n) is 27.3. The SMILES string of the molecule is CC(C)(C)C[C@H]1N[C@@H](C(=O)CC2CC(C)(O)C2)[C@H](c2cccc(Cl)c2)[C@@]12C(=O)Nc1cc(Cl)c(F)cc12.CC(C)(C)C[C@H]1N[C@@H](C(=O)CC2CC(C)(O)C2)[C@H](c2cccc(Cl)c2F)[C@@]12C(=O)Nc1cc(Cl)c(F)cc12.CC(C)(C)C[C@H]1N[C@@H](C(=O)CC2CC(C)(O)C2)[C@H](c2cccc(Cl)c2F)[C@@]12C(=O)Nc1cc(Cl)ccc12.CC(C)(C)C[C@H]1N[C@@H](C(=O)CC2CC(O)C2)[C@H](c2ccc(F)c(Cl)c2)[C@@]12C(=O)Nc1cc(Cl)ccc12. The topological polar surface area (TPSA) is 314 Å². The van der Waals surface area contributed by atoms with Gasteiger partial charge in [0.05, 0.1) is 72.2 Å². The molecule has 4 aliphatic carbocycles. The van der Waals surface area contributed by atoms with E-state index in [1.807, 2.05) is 45.0 Å². The van der Waals surface area contributed by atoms with Gasteiger partial charge in [0.15, 0.2) is 23.1 Å². The lowest BCUT2D eigenvalue weighted by molar-refractivity contribution is -0.128. The molecule has 16 atom stereocenters. The van der Waals surface area contributed by atoms with Gasteiger partial charge in [-0.2, -0.15) is 0 Å². The summed E-state index contributed by atoms with van der Waals surface area (Å²) in [7, 11) is 0. The van der Waals surface area contributed by atoms with Crippen molar-refractivity contribution in [2.45, 2.75) is 323 Å². The van der Waals surface area contributed by atoms with Gasteiger partial charge in [-0.25, -0.2) is 22.0 Å². The Bertz CT molecular complexity index is 6630. The Labute approximate surface area is 900 Å². The molecule has 8 fully saturated rings. The molecular weight excluding hydrogens is 2060 g/mol. The number of benzene rings is 8. The maximum atomic E-state index is 15.7. The molecule has 12 aliphatic rings. The van der Waals surface area contributed by atoms with E-state index in [9.17, 15) is 72.0 Å². The Kier molecular flexibility index (Phi) is 30.6. The summed E-state index contributed by atoms with van der Waals surface area (Å²) in [6.45, 7) is 30.1. The number of nitrogens with one attached hydrogen (secondary N) is 8. The van der Waals surface area contributed by atoms with E-state index < -0.39 is 139 Å². The number of rotatable bonds is 20. The van der Waals surface area contributed by atoms with Crippen molar-refractivity contribution in [2.24, 2.45) is 45.3 Å². The average molecular weight is 2190 g/mol. The highest BCUT2D eigenvalue weighted by molar-refractivity contribution is 6.34. The van der Waals surface area contributed by atoms with E-state index in [-0.39, 0.29) is 147 Å². The molecule has 792 valence electrons. The van der Waals surface area contributed by atoms with E-state index >= 15 is 8.78 Å². The van der Waals surface area contributed by atoms with Gasteiger partial charge in [0.2, 0.25) is 23.6 Å². The van der Waals surface area contributed by atoms with Crippen LogP contribution in [0.15, 0.2) is 140 Å². The summed E-state index contributed by atoms with van der Waals surface area (Å²) in [4.78, 5) is 112. The molecule has 0 bridgehead atoms. The molecule has 4 saturated carbocycles. The number of Topliss-reactive ketones (excluding diaryl/α,β-unsaturated/α-hetero) is 4. The van der Waals surface area contributed by atoms with Crippen LogP contribution >= 0.6 is 92.8 Å². The molecule has 4 spiro atoms. The molecule has 12 N–H and O–H groups in total. The molecule has 0 unspecified atom stereocenters. The van der Waals surface area contributed by atoms with Crippen molar-refractivity contribution in [2.75, 3.05) is 21.3 Å². The number of hydrogen-bond acceptors (Lipinski definition) is 16. The smallest absolute Gasteiger partial charge is 0.237 e. The minimum absolute atomic E-state index is 0.0108. The number of halogens is 13. The fourth-order valence-corrected chi connectivity index (χ4v) is 28.7.